The number of hydrogen-bond donors (Lipinski definition) is 0. The Kier molecular flexibility index (Phi) is 6.10. The zero-order chi connectivity index (χ0) is 36.0. The number of nitrogens with zero attached hydrogens (tertiary/aromatic N) is 1. The molecule has 1 fully saturated rings. The third-order valence-electron chi connectivity index (χ3n) is 13.0. The monoisotopic (exact) mass is 685 g/mol. The molecule has 0 unspecified atom stereocenters. The first-order chi connectivity index (χ1) is 25.5. The van der Waals surface area contributed by atoms with Crippen LogP contribution in [-0.4, -0.2) is 22.9 Å². The lowest BCUT2D eigenvalue weighted by Crippen LogP contribution is -2.41. The molecule has 0 saturated carbocycles. The highest BCUT2D eigenvalue weighted by Gasteiger charge is 2.51. The summed E-state index contributed by atoms with van der Waals surface area (Å²) in [4.78, 5) is 0. The van der Waals surface area contributed by atoms with Crippen LogP contribution >= 0.6 is 0 Å². The minimum absolute atomic E-state index is 0.207. The van der Waals surface area contributed by atoms with Gasteiger partial charge in [0.1, 0.15) is 0 Å². The smallest absolute Gasteiger partial charge is 0.399 e. The van der Waals surface area contributed by atoms with Crippen LogP contribution in [0.15, 0.2) is 133 Å². The van der Waals surface area contributed by atoms with Crippen molar-refractivity contribution in [3.05, 3.63) is 145 Å². The van der Waals surface area contributed by atoms with E-state index in [4.69, 9.17) is 9.31 Å². The molecule has 1 aromatic heterocycles. The summed E-state index contributed by atoms with van der Waals surface area (Å²) in [6.07, 6.45) is 0. The minimum Gasteiger partial charge on any atom is -0.399 e. The fourth-order valence-electron chi connectivity index (χ4n) is 9.45. The van der Waals surface area contributed by atoms with Crippen LogP contribution in [0.2, 0.25) is 0 Å². The topological polar surface area (TPSA) is 23.4 Å². The van der Waals surface area contributed by atoms with Crippen molar-refractivity contribution >= 4 is 77.5 Å². The summed E-state index contributed by atoms with van der Waals surface area (Å²) in [5, 5.41) is 13.0. The van der Waals surface area contributed by atoms with Crippen LogP contribution in [0.4, 0.5) is 0 Å². The zero-order valence-electron chi connectivity index (χ0n) is 31.0. The molecule has 0 amide bonds. The van der Waals surface area contributed by atoms with Crippen molar-refractivity contribution in [1.82, 2.24) is 4.57 Å². The number of para-hydroxylation sites is 1. The number of hydrogen-bond acceptors (Lipinski definition) is 2. The SMILES string of the molecule is CC1(C)c2cc3c(cc2-c2cc4c5ccc(B6OC(C)(C)C(C)(C)O6)cc5n(-c5ccccc5)c4cc21)c1ccccc1c1ccc2ccccc2c13. The van der Waals surface area contributed by atoms with Crippen molar-refractivity contribution < 1.29 is 9.31 Å². The van der Waals surface area contributed by atoms with Gasteiger partial charge in [-0.1, -0.05) is 105 Å². The van der Waals surface area contributed by atoms with Gasteiger partial charge in [-0.3, -0.25) is 0 Å². The molecule has 0 atom stereocenters. The van der Waals surface area contributed by atoms with E-state index < -0.39 is 18.3 Å². The molecule has 1 aliphatic heterocycles. The highest BCUT2D eigenvalue weighted by atomic mass is 16.7. The predicted molar refractivity (Wildman–Crippen MR) is 224 cm³/mol. The average molecular weight is 686 g/mol. The Labute approximate surface area is 309 Å². The molecule has 1 aliphatic carbocycles. The lowest BCUT2D eigenvalue weighted by Gasteiger charge is -2.32. The van der Waals surface area contributed by atoms with Gasteiger partial charge in [0, 0.05) is 21.9 Å². The normalized spacial score (nSPS) is 17.1. The summed E-state index contributed by atoms with van der Waals surface area (Å²) in [7, 11) is -0.432. The quantitative estimate of drug-likeness (QED) is 0.134. The van der Waals surface area contributed by atoms with Gasteiger partial charge in [0.25, 0.3) is 0 Å². The molecule has 11 rings (SSSR count). The van der Waals surface area contributed by atoms with Crippen molar-refractivity contribution in [3.63, 3.8) is 0 Å². The maximum atomic E-state index is 6.53. The highest BCUT2D eigenvalue weighted by Crippen LogP contribution is 2.53. The Hall–Kier alpha value is -5.42. The molecular formula is C49H40BNO2. The first kappa shape index (κ1) is 31.1. The van der Waals surface area contributed by atoms with Gasteiger partial charge >= 0.3 is 7.12 Å². The van der Waals surface area contributed by atoms with Gasteiger partial charge in [-0.25, -0.2) is 0 Å². The average Bonchev–Trinajstić information content (AvgIpc) is 3.69. The molecule has 256 valence electrons. The molecule has 3 nitrogen and oxygen atoms in total. The van der Waals surface area contributed by atoms with Crippen molar-refractivity contribution in [1.29, 1.82) is 0 Å². The Bertz CT molecular complexity index is 3030. The van der Waals surface area contributed by atoms with Crippen molar-refractivity contribution in [2.75, 3.05) is 0 Å². The van der Waals surface area contributed by atoms with Crippen molar-refractivity contribution in [2.45, 2.75) is 58.2 Å². The van der Waals surface area contributed by atoms with E-state index in [1.54, 1.807) is 0 Å². The summed E-state index contributed by atoms with van der Waals surface area (Å²) < 4.78 is 15.5. The van der Waals surface area contributed by atoms with Gasteiger partial charge in [0.2, 0.25) is 0 Å². The summed E-state index contributed by atoms with van der Waals surface area (Å²) >= 11 is 0. The first-order valence-corrected chi connectivity index (χ1v) is 18.9. The molecule has 8 aromatic carbocycles. The highest BCUT2D eigenvalue weighted by molar-refractivity contribution is 6.62. The van der Waals surface area contributed by atoms with Gasteiger partial charge in [0.15, 0.2) is 0 Å². The van der Waals surface area contributed by atoms with E-state index in [2.05, 4.69) is 180 Å². The molecule has 0 radical (unpaired) electrons. The number of fused-ring (bicyclic) bond motifs is 14. The molecule has 0 spiro atoms. The summed E-state index contributed by atoms with van der Waals surface area (Å²) in [6, 6.07) is 49.9. The Morgan fingerprint density at radius 1 is 0.453 bits per heavy atom. The van der Waals surface area contributed by atoms with Crippen molar-refractivity contribution in [2.24, 2.45) is 0 Å². The van der Waals surface area contributed by atoms with Crippen LogP contribution in [-0.2, 0) is 14.7 Å². The second-order valence-electron chi connectivity index (χ2n) is 16.8. The molecule has 9 aromatic rings. The molecule has 4 heteroatoms. The third kappa shape index (κ3) is 4.14. The van der Waals surface area contributed by atoms with Crippen LogP contribution in [0.5, 0.6) is 0 Å². The molecule has 2 heterocycles. The predicted octanol–water partition coefficient (Wildman–Crippen LogP) is 12.0. The first-order valence-electron chi connectivity index (χ1n) is 18.9. The molecular weight excluding hydrogens is 645 g/mol. The number of benzene rings is 8. The molecule has 0 N–H and O–H groups in total. The van der Waals surface area contributed by atoms with Gasteiger partial charge in [-0.15, -0.1) is 0 Å². The van der Waals surface area contributed by atoms with Gasteiger partial charge in [-0.05, 0) is 141 Å². The van der Waals surface area contributed by atoms with Crippen LogP contribution in [0, 0.1) is 0 Å². The van der Waals surface area contributed by atoms with Crippen LogP contribution < -0.4 is 5.46 Å². The van der Waals surface area contributed by atoms with Gasteiger partial charge < -0.3 is 13.9 Å². The number of aromatic nitrogens is 1. The summed E-state index contributed by atoms with van der Waals surface area (Å²) in [6.45, 7) is 13.3. The van der Waals surface area contributed by atoms with Crippen LogP contribution in [0.25, 0.3) is 81.7 Å². The van der Waals surface area contributed by atoms with Gasteiger partial charge in [-0.2, -0.15) is 0 Å². The van der Waals surface area contributed by atoms with E-state index >= 15 is 0 Å². The second kappa shape index (κ2) is 10.4. The second-order valence-corrected chi connectivity index (χ2v) is 16.8. The summed E-state index contributed by atoms with van der Waals surface area (Å²) in [5.74, 6) is 0. The van der Waals surface area contributed by atoms with E-state index in [0.717, 1.165) is 16.7 Å². The minimum atomic E-state index is -0.432. The zero-order valence-corrected chi connectivity index (χ0v) is 31.0. The van der Waals surface area contributed by atoms with E-state index in [9.17, 15) is 0 Å². The fourth-order valence-corrected chi connectivity index (χ4v) is 9.45. The maximum absolute atomic E-state index is 6.53. The lowest BCUT2D eigenvalue weighted by molar-refractivity contribution is 0.00578. The van der Waals surface area contributed by atoms with E-state index in [1.165, 1.54) is 81.6 Å². The largest absolute Gasteiger partial charge is 0.494 e. The van der Waals surface area contributed by atoms with Crippen molar-refractivity contribution in [3.8, 4) is 16.8 Å². The fraction of sp³-hybridized carbons (Fsp3) is 0.184. The maximum Gasteiger partial charge on any atom is 0.494 e. The molecule has 53 heavy (non-hydrogen) atoms. The lowest BCUT2D eigenvalue weighted by atomic mass is 9.78. The van der Waals surface area contributed by atoms with E-state index in [-0.39, 0.29) is 5.41 Å². The third-order valence-corrected chi connectivity index (χ3v) is 13.0. The number of rotatable bonds is 2. The molecule has 2 aliphatic rings. The molecule has 0 bridgehead atoms. The summed E-state index contributed by atoms with van der Waals surface area (Å²) in [5.41, 5.74) is 8.92. The molecule has 1 saturated heterocycles. The Morgan fingerprint density at radius 3 is 1.77 bits per heavy atom. The Balaban J connectivity index is 1.20. The van der Waals surface area contributed by atoms with E-state index in [1.807, 2.05) is 0 Å². The standard InChI is InChI=1S/C49H40BNO2/c1-47(2)42-27-41-37(34-19-13-12-18-33(34)36-22-20-29-14-10-11-17-32(29)46(36)41)25-38(42)39-26-40-35-23-21-30(50-52-48(3,4)49(5,6)53-50)24-44(35)51(45(40)28-43(39)47)31-15-8-7-9-16-31/h7-28H,1-6H3. The van der Waals surface area contributed by atoms with Crippen LogP contribution in [0.1, 0.15) is 52.7 Å². The van der Waals surface area contributed by atoms with Gasteiger partial charge in [0.05, 0.1) is 22.2 Å². The van der Waals surface area contributed by atoms with Crippen LogP contribution in [0.3, 0.4) is 0 Å². The van der Waals surface area contributed by atoms with E-state index in [0.29, 0.717) is 0 Å². The Morgan fingerprint density at radius 2 is 1.04 bits per heavy atom.